The monoisotopic (exact) mass is 329 g/mol. The van der Waals surface area contributed by atoms with Crippen LogP contribution < -0.4 is 5.32 Å². The van der Waals surface area contributed by atoms with Crippen molar-refractivity contribution in [3.05, 3.63) is 29.5 Å². The van der Waals surface area contributed by atoms with Gasteiger partial charge in [0, 0.05) is 29.5 Å². The molecule has 0 spiro atoms. The summed E-state index contributed by atoms with van der Waals surface area (Å²) >= 11 is 0. The maximum Gasteiger partial charge on any atom is 0.303 e. The third-order valence-corrected chi connectivity index (χ3v) is 4.51. The zero-order valence-corrected chi connectivity index (χ0v) is 14.1. The summed E-state index contributed by atoms with van der Waals surface area (Å²) in [4.78, 5) is 23.1. The fraction of sp³-hybridized carbons (Fsp3) is 0.474. The molecule has 1 aromatic carbocycles. The fourth-order valence-electron chi connectivity index (χ4n) is 3.45. The number of hydrogen-bond donors (Lipinski definition) is 2. The second-order valence-corrected chi connectivity index (χ2v) is 7.38. The lowest BCUT2D eigenvalue weighted by molar-refractivity contribution is -0.139. The largest absolute Gasteiger partial charge is 0.481 e. The molecule has 5 nitrogen and oxygen atoms in total. The van der Waals surface area contributed by atoms with Crippen LogP contribution in [0.25, 0.3) is 11.0 Å². The van der Waals surface area contributed by atoms with Crippen molar-refractivity contribution in [2.45, 2.75) is 52.4 Å². The van der Waals surface area contributed by atoms with Gasteiger partial charge in [-0.15, -0.1) is 0 Å². The first kappa shape index (κ1) is 16.6. The van der Waals surface area contributed by atoms with E-state index in [1.54, 1.807) is 13.8 Å². The standard InChI is InChI=1S/C19H23NO4/c1-19(2,11-18(22)23)10-17(21)20-12-7-8-16-14(9-12)13-5-3-4-6-15(13)24-16/h7-9H,3-6,10-11H2,1-2H3,(H,20,21)(H,22,23). The number of carboxylic acids is 1. The van der Waals surface area contributed by atoms with Crippen molar-refractivity contribution in [2.24, 2.45) is 5.41 Å². The summed E-state index contributed by atoms with van der Waals surface area (Å²) in [6.07, 6.45) is 4.46. The quantitative estimate of drug-likeness (QED) is 0.864. The van der Waals surface area contributed by atoms with Gasteiger partial charge in [0.2, 0.25) is 5.91 Å². The molecule has 1 heterocycles. The van der Waals surface area contributed by atoms with Crippen molar-refractivity contribution in [2.75, 3.05) is 5.32 Å². The van der Waals surface area contributed by atoms with Crippen LogP contribution in [0.3, 0.4) is 0 Å². The maximum absolute atomic E-state index is 12.2. The van der Waals surface area contributed by atoms with Gasteiger partial charge >= 0.3 is 5.97 Å². The second-order valence-electron chi connectivity index (χ2n) is 7.38. The van der Waals surface area contributed by atoms with E-state index in [1.165, 1.54) is 12.0 Å². The summed E-state index contributed by atoms with van der Waals surface area (Å²) in [5.41, 5.74) is 2.28. The Balaban J connectivity index is 1.75. The number of aryl methyl sites for hydroxylation is 2. The lowest BCUT2D eigenvalue weighted by Gasteiger charge is -2.21. The molecule has 1 aromatic heterocycles. The molecule has 1 aliphatic carbocycles. The Kier molecular flexibility index (Phi) is 4.35. The smallest absolute Gasteiger partial charge is 0.303 e. The van der Waals surface area contributed by atoms with E-state index in [1.807, 2.05) is 18.2 Å². The molecule has 0 bridgehead atoms. The first-order valence-corrected chi connectivity index (χ1v) is 8.40. The Bertz CT molecular complexity index is 788. The number of carbonyl (C=O) groups is 2. The van der Waals surface area contributed by atoms with Gasteiger partial charge in [-0.2, -0.15) is 0 Å². The van der Waals surface area contributed by atoms with Gasteiger partial charge in [-0.3, -0.25) is 9.59 Å². The van der Waals surface area contributed by atoms with E-state index >= 15 is 0 Å². The third-order valence-electron chi connectivity index (χ3n) is 4.51. The molecule has 5 heteroatoms. The zero-order chi connectivity index (χ0) is 17.3. The van der Waals surface area contributed by atoms with Gasteiger partial charge in [-0.05, 0) is 42.9 Å². The van der Waals surface area contributed by atoms with Crippen LogP contribution in [0.1, 0.15) is 50.9 Å². The number of rotatable bonds is 5. The number of nitrogens with one attached hydrogen (secondary N) is 1. The summed E-state index contributed by atoms with van der Waals surface area (Å²) in [5, 5.41) is 12.9. The van der Waals surface area contributed by atoms with E-state index in [9.17, 15) is 9.59 Å². The number of anilines is 1. The molecule has 0 radical (unpaired) electrons. The van der Waals surface area contributed by atoms with Crippen molar-refractivity contribution < 1.29 is 19.1 Å². The first-order chi connectivity index (χ1) is 11.3. The molecule has 2 aromatic rings. The molecule has 0 saturated heterocycles. The molecule has 0 atom stereocenters. The van der Waals surface area contributed by atoms with Crippen molar-refractivity contribution in [1.29, 1.82) is 0 Å². The van der Waals surface area contributed by atoms with Crippen LogP contribution in [-0.2, 0) is 22.4 Å². The minimum Gasteiger partial charge on any atom is -0.481 e. The molecule has 3 rings (SSSR count). The predicted molar refractivity (Wildman–Crippen MR) is 92.1 cm³/mol. The van der Waals surface area contributed by atoms with Crippen molar-refractivity contribution in [3.63, 3.8) is 0 Å². The van der Waals surface area contributed by atoms with Crippen LogP contribution in [0.15, 0.2) is 22.6 Å². The molecule has 0 saturated carbocycles. The van der Waals surface area contributed by atoms with Gasteiger partial charge in [0.05, 0.1) is 6.42 Å². The Morgan fingerprint density at radius 3 is 2.71 bits per heavy atom. The molecule has 0 aliphatic heterocycles. The van der Waals surface area contributed by atoms with Gasteiger partial charge < -0.3 is 14.8 Å². The van der Waals surface area contributed by atoms with Crippen LogP contribution in [-0.4, -0.2) is 17.0 Å². The van der Waals surface area contributed by atoms with E-state index in [2.05, 4.69) is 5.32 Å². The number of carboxylic acid groups (broad SMARTS) is 1. The van der Waals surface area contributed by atoms with Crippen molar-refractivity contribution >= 4 is 28.5 Å². The highest BCUT2D eigenvalue weighted by atomic mass is 16.4. The number of hydrogen-bond acceptors (Lipinski definition) is 3. The average Bonchev–Trinajstić information content (AvgIpc) is 2.83. The van der Waals surface area contributed by atoms with Crippen molar-refractivity contribution in [1.82, 2.24) is 0 Å². The third kappa shape index (κ3) is 3.61. The van der Waals surface area contributed by atoms with Gasteiger partial charge in [0.15, 0.2) is 0 Å². The molecule has 128 valence electrons. The maximum atomic E-state index is 12.2. The van der Waals surface area contributed by atoms with Gasteiger partial charge in [0.25, 0.3) is 0 Å². The number of benzene rings is 1. The van der Waals surface area contributed by atoms with E-state index in [0.29, 0.717) is 0 Å². The lowest BCUT2D eigenvalue weighted by atomic mass is 9.85. The minimum atomic E-state index is -0.890. The molecule has 1 aliphatic rings. The van der Waals surface area contributed by atoms with Gasteiger partial charge in [-0.1, -0.05) is 13.8 Å². The van der Waals surface area contributed by atoms with E-state index in [4.69, 9.17) is 9.52 Å². The summed E-state index contributed by atoms with van der Waals surface area (Å²) < 4.78 is 5.90. The molecular formula is C19H23NO4. The number of carbonyl (C=O) groups excluding carboxylic acids is 1. The Hall–Kier alpha value is -2.30. The Morgan fingerprint density at radius 1 is 1.21 bits per heavy atom. The van der Waals surface area contributed by atoms with E-state index in [0.717, 1.165) is 41.7 Å². The molecule has 1 amide bonds. The van der Waals surface area contributed by atoms with Crippen LogP contribution in [0, 0.1) is 5.41 Å². The summed E-state index contributed by atoms with van der Waals surface area (Å²) in [6, 6.07) is 5.69. The fourth-order valence-corrected chi connectivity index (χ4v) is 3.45. The predicted octanol–water partition coefficient (Wildman–Crippen LogP) is 4.14. The Morgan fingerprint density at radius 2 is 1.96 bits per heavy atom. The minimum absolute atomic E-state index is 0.0330. The van der Waals surface area contributed by atoms with E-state index in [-0.39, 0.29) is 18.7 Å². The van der Waals surface area contributed by atoms with Crippen LogP contribution in [0.4, 0.5) is 5.69 Å². The van der Waals surface area contributed by atoms with Crippen LogP contribution >= 0.6 is 0 Å². The van der Waals surface area contributed by atoms with Crippen LogP contribution in [0.5, 0.6) is 0 Å². The van der Waals surface area contributed by atoms with E-state index < -0.39 is 11.4 Å². The molecule has 0 unspecified atom stereocenters. The highest BCUT2D eigenvalue weighted by Crippen LogP contribution is 2.33. The first-order valence-electron chi connectivity index (χ1n) is 8.40. The SMILES string of the molecule is CC(C)(CC(=O)O)CC(=O)Nc1ccc2oc3c(c2c1)CCCC3. The normalized spacial score (nSPS) is 14.4. The highest BCUT2D eigenvalue weighted by molar-refractivity contribution is 5.95. The topological polar surface area (TPSA) is 79.5 Å². The summed E-state index contributed by atoms with van der Waals surface area (Å²) in [6.45, 7) is 3.58. The number of fused-ring (bicyclic) bond motifs is 3. The number of aliphatic carboxylic acids is 1. The Labute approximate surface area is 141 Å². The van der Waals surface area contributed by atoms with Crippen LogP contribution in [0.2, 0.25) is 0 Å². The molecular weight excluding hydrogens is 306 g/mol. The summed E-state index contributed by atoms with van der Waals surface area (Å²) in [5.74, 6) is 0.0134. The molecule has 24 heavy (non-hydrogen) atoms. The lowest BCUT2D eigenvalue weighted by Crippen LogP contribution is -2.24. The molecule has 0 fully saturated rings. The number of furan rings is 1. The second kappa shape index (κ2) is 6.30. The summed E-state index contributed by atoms with van der Waals surface area (Å²) in [7, 11) is 0. The zero-order valence-electron chi connectivity index (χ0n) is 14.1. The highest BCUT2D eigenvalue weighted by Gasteiger charge is 2.25. The molecule has 2 N–H and O–H groups in total. The average molecular weight is 329 g/mol. The van der Waals surface area contributed by atoms with Crippen molar-refractivity contribution in [3.8, 4) is 0 Å². The van der Waals surface area contributed by atoms with Gasteiger partial charge in [-0.25, -0.2) is 0 Å². The van der Waals surface area contributed by atoms with Gasteiger partial charge in [0.1, 0.15) is 11.3 Å². The number of amides is 1.